The summed E-state index contributed by atoms with van der Waals surface area (Å²) < 4.78 is 10.6. The summed E-state index contributed by atoms with van der Waals surface area (Å²) in [4.78, 5) is 13.6. The van der Waals surface area contributed by atoms with Crippen LogP contribution in [0, 0.1) is 0 Å². The van der Waals surface area contributed by atoms with E-state index in [1.54, 1.807) is 19.1 Å². The quantitative estimate of drug-likeness (QED) is 0.779. The van der Waals surface area contributed by atoms with Gasteiger partial charge in [-0.15, -0.1) is 0 Å². The van der Waals surface area contributed by atoms with Crippen LogP contribution in [0.2, 0.25) is 0 Å². The number of carbonyl (C=O) groups is 1. The van der Waals surface area contributed by atoms with E-state index in [0.717, 1.165) is 18.6 Å². The molecule has 0 saturated carbocycles. The third-order valence-electron chi connectivity index (χ3n) is 3.60. The van der Waals surface area contributed by atoms with E-state index in [1.807, 2.05) is 32.9 Å². The largest absolute Gasteiger partial charge is 0.497 e. The molecule has 1 atom stereocenters. The zero-order chi connectivity index (χ0) is 16.8. The van der Waals surface area contributed by atoms with Crippen molar-refractivity contribution >= 4 is 6.09 Å². The fraction of sp³-hybridized carbons (Fsp3) is 0.611. The van der Waals surface area contributed by atoms with Gasteiger partial charge in [-0.2, -0.15) is 0 Å². The zero-order valence-corrected chi connectivity index (χ0v) is 14.7. The van der Waals surface area contributed by atoms with Gasteiger partial charge in [-0.1, -0.05) is 19.1 Å². The lowest BCUT2D eigenvalue weighted by Crippen LogP contribution is -2.35. The minimum absolute atomic E-state index is 0.267. The molecule has 1 aromatic carbocycles. The standard InChI is InChI=1S/C18H29NO3/c1-7-14(15-8-10-16(21-6)11-9-15)12-13-19(5)17(20)22-18(2,3)4/h8-11,14H,7,12-13H2,1-6H3. The first-order valence-electron chi connectivity index (χ1n) is 7.85. The first kappa shape index (κ1) is 18.3. The van der Waals surface area contributed by atoms with Crippen LogP contribution in [0.1, 0.15) is 52.0 Å². The molecule has 0 aromatic heterocycles. The van der Waals surface area contributed by atoms with Crippen LogP contribution in [0.4, 0.5) is 4.79 Å². The minimum Gasteiger partial charge on any atom is -0.497 e. The lowest BCUT2D eigenvalue weighted by atomic mass is 9.93. The van der Waals surface area contributed by atoms with Crippen molar-refractivity contribution in [2.24, 2.45) is 0 Å². The second kappa shape index (κ2) is 8.06. The molecule has 124 valence electrons. The summed E-state index contributed by atoms with van der Waals surface area (Å²) in [5.41, 5.74) is 0.826. The monoisotopic (exact) mass is 307 g/mol. The maximum Gasteiger partial charge on any atom is 0.410 e. The number of hydrogen-bond acceptors (Lipinski definition) is 3. The van der Waals surface area contributed by atoms with Crippen LogP contribution >= 0.6 is 0 Å². The van der Waals surface area contributed by atoms with Gasteiger partial charge in [0.05, 0.1) is 7.11 Å². The predicted molar refractivity (Wildman–Crippen MR) is 89.5 cm³/mol. The molecule has 0 spiro atoms. The summed E-state index contributed by atoms with van der Waals surface area (Å²) in [6.45, 7) is 8.49. The summed E-state index contributed by atoms with van der Waals surface area (Å²) in [6, 6.07) is 8.16. The lowest BCUT2D eigenvalue weighted by Gasteiger charge is -2.26. The van der Waals surface area contributed by atoms with Crippen molar-refractivity contribution < 1.29 is 14.3 Å². The highest BCUT2D eigenvalue weighted by molar-refractivity contribution is 5.67. The van der Waals surface area contributed by atoms with Gasteiger partial charge in [-0.05, 0) is 57.2 Å². The van der Waals surface area contributed by atoms with Crippen molar-refractivity contribution in [3.8, 4) is 5.75 Å². The molecule has 0 aliphatic rings. The van der Waals surface area contributed by atoms with E-state index < -0.39 is 5.60 Å². The number of hydrogen-bond donors (Lipinski definition) is 0. The molecule has 0 N–H and O–H groups in total. The Morgan fingerprint density at radius 1 is 1.23 bits per heavy atom. The first-order chi connectivity index (χ1) is 10.3. The van der Waals surface area contributed by atoms with Crippen LogP contribution in [0.3, 0.4) is 0 Å². The van der Waals surface area contributed by atoms with Crippen molar-refractivity contribution in [1.29, 1.82) is 0 Å². The van der Waals surface area contributed by atoms with Gasteiger partial charge in [0.25, 0.3) is 0 Å². The summed E-state index contributed by atoms with van der Waals surface area (Å²) in [5, 5.41) is 0. The van der Waals surface area contributed by atoms with Gasteiger partial charge in [0, 0.05) is 13.6 Å². The molecule has 1 rings (SSSR count). The lowest BCUT2D eigenvalue weighted by molar-refractivity contribution is 0.0294. The van der Waals surface area contributed by atoms with Crippen molar-refractivity contribution in [2.75, 3.05) is 20.7 Å². The third-order valence-corrected chi connectivity index (χ3v) is 3.60. The van der Waals surface area contributed by atoms with Gasteiger partial charge >= 0.3 is 6.09 Å². The van der Waals surface area contributed by atoms with E-state index in [2.05, 4.69) is 19.1 Å². The number of ether oxygens (including phenoxy) is 2. The Hall–Kier alpha value is -1.71. The fourth-order valence-corrected chi connectivity index (χ4v) is 2.26. The Balaban J connectivity index is 2.57. The van der Waals surface area contributed by atoms with Crippen LogP contribution in [0.5, 0.6) is 5.75 Å². The SMILES string of the molecule is CCC(CCN(C)C(=O)OC(C)(C)C)c1ccc(OC)cc1. The van der Waals surface area contributed by atoms with Gasteiger partial charge in [-0.25, -0.2) is 4.79 Å². The molecule has 4 nitrogen and oxygen atoms in total. The van der Waals surface area contributed by atoms with E-state index in [1.165, 1.54) is 5.56 Å². The van der Waals surface area contributed by atoms with E-state index in [0.29, 0.717) is 12.5 Å². The molecular formula is C18H29NO3. The Bertz CT molecular complexity index is 462. The van der Waals surface area contributed by atoms with Crippen LogP contribution in [-0.4, -0.2) is 37.3 Å². The van der Waals surface area contributed by atoms with Crippen LogP contribution in [0.15, 0.2) is 24.3 Å². The maximum absolute atomic E-state index is 12.0. The molecule has 4 heteroatoms. The highest BCUT2D eigenvalue weighted by Gasteiger charge is 2.20. The molecule has 0 radical (unpaired) electrons. The minimum atomic E-state index is -0.453. The van der Waals surface area contributed by atoms with Crippen LogP contribution in [0.25, 0.3) is 0 Å². The van der Waals surface area contributed by atoms with E-state index in [9.17, 15) is 4.79 Å². The highest BCUT2D eigenvalue weighted by atomic mass is 16.6. The molecule has 0 fully saturated rings. The predicted octanol–water partition coefficient (Wildman–Crippen LogP) is 4.45. The van der Waals surface area contributed by atoms with Crippen LogP contribution < -0.4 is 4.74 Å². The van der Waals surface area contributed by atoms with Crippen molar-refractivity contribution in [2.45, 2.75) is 52.1 Å². The Morgan fingerprint density at radius 2 is 1.82 bits per heavy atom. The van der Waals surface area contributed by atoms with Crippen molar-refractivity contribution in [3.05, 3.63) is 29.8 Å². The molecule has 0 aliphatic carbocycles. The summed E-state index contributed by atoms with van der Waals surface area (Å²) >= 11 is 0. The number of nitrogens with zero attached hydrogens (tertiary/aromatic N) is 1. The molecule has 22 heavy (non-hydrogen) atoms. The smallest absolute Gasteiger partial charge is 0.410 e. The third kappa shape index (κ3) is 5.96. The molecule has 1 aromatic rings. The Kier molecular flexibility index (Phi) is 6.72. The number of benzene rings is 1. The number of methoxy groups -OCH3 is 1. The molecule has 0 aliphatic heterocycles. The van der Waals surface area contributed by atoms with Gasteiger partial charge in [-0.3, -0.25) is 0 Å². The number of carbonyl (C=O) groups excluding carboxylic acids is 1. The van der Waals surface area contributed by atoms with Gasteiger partial charge in [0.1, 0.15) is 11.4 Å². The second-order valence-corrected chi connectivity index (χ2v) is 6.57. The Morgan fingerprint density at radius 3 is 2.27 bits per heavy atom. The normalized spacial score (nSPS) is 12.6. The number of amides is 1. The van der Waals surface area contributed by atoms with E-state index in [4.69, 9.17) is 9.47 Å². The Labute approximate surface area is 134 Å². The summed E-state index contributed by atoms with van der Waals surface area (Å²) in [7, 11) is 3.46. The van der Waals surface area contributed by atoms with Crippen LogP contribution in [-0.2, 0) is 4.74 Å². The summed E-state index contributed by atoms with van der Waals surface area (Å²) in [6.07, 6.45) is 1.68. The average Bonchev–Trinajstić information content (AvgIpc) is 2.46. The van der Waals surface area contributed by atoms with Gasteiger partial charge in [0.15, 0.2) is 0 Å². The topological polar surface area (TPSA) is 38.8 Å². The molecule has 0 bridgehead atoms. The molecule has 1 unspecified atom stereocenters. The molecule has 0 heterocycles. The van der Waals surface area contributed by atoms with Gasteiger partial charge < -0.3 is 14.4 Å². The second-order valence-electron chi connectivity index (χ2n) is 6.57. The molecule has 1 amide bonds. The van der Waals surface area contributed by atoms with E-state index in [-0.39, 0.29) is 6.09 Å². The molecular weight excluding hydrogens is 278 g/mol. The van der Waals surface area contributed by atoms with Crippen molar-refractivity contribution in [3.63, 3.8) is 0 Å². The zero-order valence-electron chi connectivity index (χ0n) is 14.7. The van der Waals surface area contributed by atoms with Crippen molar-refractivity contribution in [1.82, 2.24) is 4.90 Å². The molecule has 0 saturated heterocycles. The average molecular weight is 307 g/mol. The maximum atomic E-state index is 12.0. The fourth-order valence-electron chi connectivity index (χ4n) is 2.26. The number of rotatable bonds is 6. The van der Waals surface area contributed by atoms with E-state index >= 15 is 0 Å². The highest BCUT2D eigenvalue weighted by Crippen LogP contribution is 2.25. The van der Waals surface area contributed by atoms with Gasteiger partial charge in [0.2, 0.25) is 0 Å². The first-order valence-corrected chi connectivity index (χ1v) is 7.85. The summed E-state index contributed by atoms with van der Waals surface area (Å²) in [5.74, 6) is 1.29.